The van der Waals surface area contributed by atoms with E-state index in [9.17, 15) is 0 Å². The normalized spacial score (nSPS) is 9.69. The third kappa shape index (κ3) is 12.4. The van der Waals surface area contributed by atoms with E-state index in [2.05, 4.69) is 12.3 Å². The van der Waals surface area contributed by atoms with E-state index in [1.54, 1.807) is 0 Å². The molecule has 3 heteroatoms. The molecule has 0 nitrogen and oxygen atoms in total. The van der Waals surface area contributed by atoms with Gasteiger partial charge < -0.3 is 0 Å². The molecule has 0 saturated heterocycles. The molecule has 0 aliphatic rings. The molecule has 0 bridgehead atoms. The van der Waals surface area contributed by atoms with Crippen molar-refractivity contribution in [1.29, 1.82) is 0 Å². The van der Waals surface area contributed by atoms with Crippen LogP contribution in [0.25, 0.3) is 0 Å². The number of rotatable bonds is 8. The van der Waals surface area contributed by atoms with Crippen LogP contribution in [0.15, 0.2) is 12.7 Å². The standard InChI is InChI=1S/C10H18Cl2Si/c1-2-3-4-5-6-7-8-9-10-13(11)12/h2,10H,1,3-9H2. The molecule has 0 unspecified atom stereocenters. The largest absolute Gasteiger partial charge is 0.228 e. The van der Waals surface area contributed by atoms with Crippen LogP contribution in [-0.2, 0) is 0 Å². The fraction of sp³-hybridized carbons (Fsp3) is 0.700. The molecule has 0 radical (unpaired) electrons. The number of hydrogen-bond donors (Lipinski definition) is 0. The molecular formula is C10H18Cl2Si. The monoisotopic (exact) mass is 236 g/mol. The highest BCUT2D eigenvalue weighted by Gasteiger charge is 1.90. The van der Waals surface area contributed by atoms with Crippen LogP contribution in [0.2, 0.25) is 0 Å². The molecule has 0 aromatic rings. The maximum absolute atomic E-state index is 5.66. The second-order valence-electron chi connectivity index (χ2n) is 3.13. The highest BCUT2D eigenvalue weighted by Crippen LogP contribution is 2.06. The van der Waals surface area contributed by atoms with E-state index in [0.717, 1.165) is 12.8 Å². The molecule has 0 aliphatic carbocycles. The smallest absolute Gasteiger partial charge is 0.118 e. The van der Waals surface area contributed by atoms with Gasteiger partial charge >= 0.3 is 0 Å². The van der Waals surface area contributed by atoms with Crippen molar-refractivity contribution in [3.05, 3.63) is 12.7 Å². The number of unbranched alkanes of at least 4 members (excludes halogenated alkanes) is 6. The summed E-state index contributed by atoms with van der Waals surface area (Å²) < 4.78 is 0. The molecule has 13 heavy (non-hydrogen) atoms. The highest BCUT2D eigenvalue weighted by atomic mass is 35.7. The van der Waals surface area contributed by atoms with Crippen molar-refractivity contribution >= 4 is 34.9 Å². The van der Waals surface area contributed by atoms with E-state index in [1.165, 1.54) is 32.1 Å². The Balaban J connectivity index is 2.99. The molecular weight excluding hydrogens is 219 g/mol. The van der Waals surface area contributed by atoms with Crippen LogP contribution in [-0.4, -0.2) is 12.7 Å². The van der Waals surface area contributed by atoms with Gasteiger partial charge in [0, 0.05) is 0 Å². The maximum Gasteiger partial charge on any atom is 0.228 e. The summed E-state index contributed by atoms with van der Waals surface area (Å²) in [6, 6.07) is 0. The zero-order chi connectivity index (χ0) is 9.94. The molecule has 0 amide bonds. The molecule has 0 rings (SSSR count). The molecule has 0 atom stereocenters. The van der Waals surface area contributed by atoms with Gasteiger partial charge in [0.15, 0.2) is 0 Å². The Morgan fingerprint density at radius 1 is 0.923 bits per heavy atom. The summed E-state index contributed by atoms with van der Waals surface area (Å²) in [7, 11) is -1.13. The average molecular weight is 237 g/mol. The lowest BCUT2D eigenvalue weighted by atomic mass is 10.1. The van der Waals surface area contributed by atoms with Crippen LogP contribution in [0.5, 0.6) is 0 Å². The summed E-state index contributed by atoms with van der Waals surface area (Å²) in [5.74, 6) is 0. The summed E-state index contributed by atoms with van der Waals surface area (Å²) in [4.78, 5) is 0. The third-order valence-electron chi connectivity index (χ3n) is 1.91. The Hall–Kier alpha value is 0.407. The summed E-state index contributed by atoms with van der Waals surface area (Å²) >= 11 is 11.3. The van der Waals surface area contributed by atoms with Crippen LogP contribution >= 0.6 is 22.2 Å². The van der Waals surface area contributed by atoms with E-state index in [0.29, 0.717) is 0 Å². The minimum Gasteiger partial charge on any atom is -0.118 e. The van der Waals surface area contributed by atoms with E-state index in [-0.39, 0.29) is 0 Å². The predicted molar refractivity (Wildman–Crippen MR) is 66.0 cm³/mol. The molecule has 0 aliphatic heterocycles. The van der Waals surface area contributed by atoms with Gasteiger partial charge in [-0.15, -0.1) is 28.7 Å². The summed E-state index contributed by atoms with van der Waals surface area (Å²) in [6.07, 6.45) is 10.7. The van der Waals surface area contributed by atoms with Crippen molar-refractivity contribution in [2.45, 2.75) is 44.9 Å². The van der Waals surface area contributed by atoms with Crippen LogP contribution in [0, 0.1) is 0 Å². The minimum atomic E-state index is -1.13. The number of halogens is 2. The first-order valence-corrected chi connectivity index (χ1v) is 8.49. The van der Waals surface area contributed by atoms with Crippen molar-refractivity contribution < 1.29 is 0 Å². The Morgan fingerprint density at radius 2 is 1.46 bits per heavy atom. The minimum absolute atomic E-state index is 1.09. The summed E-state index contributed by atoms with van der Waals surface area (Å²) in [6.45, 7) is 3.70. The van der Waals surface area contributed by atoms with Gasteiger partial charge in [0.25, 0.3) is 0 Å². The SMILES string of the molecule is C=CCCCCCCCC=[Si](Cl)Cl. The molecule has 0 aromatic heterocycles. The molecule has 76 valence electrons. The fourth-order valence-corrected chi connectivity index (χ4v) is 2.25. The van der Waals surface area contributed by atoms with Gasteiger partial charge in [0.05, 0.1) is 0 Å². The third-order valence-corrected chi connectivity index (χ3v) is 3.43. The van der Waals surface area contributed by atoms with Gasteiger partial charge in [-0.3, -0.25) is 0 Å². The Morgan fingerprint density at radius 3 is 2.00 bits per heavy atom. The second kappa shape index (κ2) is 10.5. The van der Waals surface area contributed by atoms with Crippen LogP contribution < -0.4 is 0 Å². The maximum atomic E-state index is 5.66. The van der Waals surface area contributed by atoms with Gasteiger partial charge in [0.2, 0.25) is 7.03 Å². The quantitative estimate of drug-likeness (QED) is 0.256. The Kier molecular flexibility index (Phi) is 10.8. The van der Waals surface area contributed by atoms with Gasteiger partial charge in [-0.05, 0) is 19.3 Å². The Bertz CT molecular complexity index is 151. The summed E-state index contributed by atoms with van der Waals surface area (Å²) in [5, 5.41) is 0. The van der Waals surface area contributed by atoms with Gasteiger partial charge in [-0.2, -0.15) is 0 Å². The van der Waals surface area contributed by atoms with Crippen molar-refractivity contribution in [3.8, 4) is 0 Å². The van der Waals surface area contributed by atoms with Crippen LogP contribution in [0.1, 0.15) is 44.9 Å². The molecule has 0 spiro atoms. The molecule has 0 aromatic carbocycles. The molecule has 0 fully saturated rings. The number of hydrogen-bond acceptors (Lipinski definition) is 0. The van der Waals surface area contributed by atoms with Crippen molar-refractivity contribution in [2.24, 2.45) is 0 Å². The average Bonchev–Trinajstić information content (AvgIpc) is 2.09. The highest BCUT2D eigenvalue weighted by molar-refractivity contribution is 7.34. The van der Waals surface area contributed by atoms with Gasteiger partial charge in [-0.1, -0.05) is 37.4 Å². The molecule has 0 saturated carbocycles. The lowest BCUT2D eigenvalue weighted by molar-refractivity contribution is 0.629. The first-order chi connectivity index (χ1) is 6.27. The fourth-order valence-electron chi connectivity index (χ4n) is 1.17. The lowest BCUT2D eigenvalue weighted by Crippen LogP contribution is -1.86. The second-order valence-corrected chi connectivity index (χ2v) is 7.14. The van der Waals surface area contributed by atoms with E-state index < -0.39 is 7.03 Å². The van der Waals surface area contributed by atoms with Gasteiger partial charge in [-0.25, -0.2) is 0 Å². The van der Waals surface area contributed by atoms with Crippen molar-refractivity contribution in [1.82, 2.24) is 0 Å². The zero-order valence-corrected chi connectivity index (χ0v) is 10.6. The van der Waals surface area contributed by atoms with Crippen molar-refractivity contribution in [2.75, 3.05) is 0 Å². The van der Waals surface area contributed by atoms with Crippen LogP contribution in [0.4, 0.5) is 0 Å². The first-order valence-electron chi connectivity index (χ1n) is 4.89. The first kappa shape index (κ1) is 13.4. The van der Waals surface area contributed by atoms with Crippen LogP contribution in [0.3, 0.4) is 0 Å². The lowest BCUT2D eigenvalue weighted by Gasteiger charge is -1.97. The molecule has 0 N–H and O–H groups in total. The Labute approximate surface area is 92.6 Å². The van der Waals surface area contributed by atoms with E-state index >= 15 is 0 Å². The topological polar surface area (TPSA) is 0 Å². The number of allylic oxidation sites excluding steroid dienone is 1. The van der Waals surface area contributed by atoms with E-state index in [1.807, 2.05) is 6.08 Å². The summed E-state index contributed by atoms with van der Waals surface area (Å²) in [5.41, 5.74) is 2.05. The zero-order valence-electron chi connectivity index (χ0n) is 8.07. The van der Waals surface area contributed by atoms with E-state index in [4.69, 9.17) is 22.2 Å². The van der Waals surface area contributed by atoms with Gasteiger partial charge in [0.1, 0.15) is 0 Å². The molecule has 0 heterocycles. The predicted octanol–water partition coefficient (Wildman–Crippen LogP) is 4.25. The van der Waals surface area contributed by atoms with Crippen molar-refractivity contribution in [3.63, 3.8) is 0 Å².